The van der Waals surface area contributed by atoms with Gasteiger partial charge in [-0.2, -0.15) is 0 Å². The van der Waals surface area contributed by atoms with E-state index in [1.165, 1.54) is 13.0 Å². The molecule has 1 N–H and O–H groups in total. The van der Waals surface area contributed by atoms with Crippen molar-refractivity contribution < 1.29 is 5.11 Å². The minimum Gasteiger partial charge on any atom is -0.385 e. The molecular weight excluding hydrogens is 250 g/mol. The zero-order valence-corrected chi connectivity index (χ0v) is 13.3. The fourth-order valence-corrected chi connectivity index (χ4v) is 2.86. The van der Waals surface area contributed by atoms with Crippen LogP contribution >= 0.6 is 0 Å². The van der Waals surface area contributed by atoms with Crippen molar-refractivity contribution in [3.05, 3.63) is 18.2 Å². The van der Waals surface area contributed by atoms with E-state index in [1.54, 1.807) is 6.20 Å². The molecule has 20 heavy (non-hydrogen) atoms. The maximum atomic E-state index is 10.5. The number of rotatable bonds is 4. The Balaban J connectivity index is 1.81. The second-order valence-corrected chi connectivity index (χ2v) is 7.33. The maximum absolute atomic E-state index is 10.5. The number of imidazole rings is 1. The molecule has 0 aromatic carbocycles. The van der Waals surface area contributed by atoms with Crippen molar-refractivity contribution in [3.8, 4) is 0 Å². The van der Waals surface area contributed by atoms with Crippen LogP contribution in [-0.2, 0) is 7.05 Å². The van der Waals surface area contributed by atoms with Crippen molar-refractivity contribution in [3.63, 3.8) is 0 Å². The van der Waals surface area contributed by atoms with E-state index in [2.05, 4.69) is 30.7 Å². The van der Waals surface area contributed by atoms with E-state index in [9.17, 15) is 5.11 Å². The lowest BCUT2D eigenvalue weighted by Crippen LogP contribution is -2.37. The van der Waals surface area contributed by atoms with Crippen molar-refractivity contribution in [1.29, 1.82) is 0 Å². The lowest BCUT2D eigenvalue weighted by molar-refractivity contribution is 0.0485. The van der Waals surface area contributed by atoms with Crippen LogP contribution in [0.1, 0.15) is 52.0 Å². The molecule has 0 bridgehead atoms. The van der Waals surface area contributed by atoms with Crippen LogP contribution in [0.5, 0.6) is 0 Å². The number of aliphatic hydroxyl groups is 1. The molecule has 0 aliphatic carbocycles. The van der Waals surface area contributed by atoms with Crippen molar-refractivity contribution in [2.24, 2.45) is 18.4 Å². The number of aryl methyl sites for hydroxylation is 1. The predicted molar refractivity (Wildman–Crippen MR) is 81.4 cm³/mol. The molecule has 1 atom stereocenters. The zero-order valence-electron chi connectivity index (χ0n) is 13.3. The van der Waals surface area contributed by atoms with E-state index in [0.717, 1.165) is 31.8 Å². The molecule has 0 amide bonds. The normalized spacial score (nSPS) is 20.2. The summed E-state index contributed by atoms with van der Waals surface area (Å²) in [6.45, 7) is 10.3. The highest BCUT2D eigenvalue weighted by molar-refractivity contribution is 4.98. The molecule has 1 aliphatic heterocycles. The van der Waals surface area contributed by atoms with Crippen LogP contribution in [-0.4, -0.2) is 39.2 Å². The summed E-state index contributed by atoms with van der Waals surface area (Å²) < 4.78 is 1.93. The Morgan fingerprint density at radius 1 is 1.35 bits per heavy atom. The third kappa shape index (κ3) is 4.06. The van der Waals surface area contributed by atoms with Crippen LogP contribution in [0.15, 0.2) is 12.4 Å². The number of hydrogen-bond donors (Lipinski definition) is 1. The van der Waals surface area contributed by atoms with Gasteiger partial charge in [-0.05, 0) is 50.2 Å². The van der Waals surface area contributed by atoms with Gasteiger partial charge in [-0.3, -0.25) is 0 Å². The monoisotopic (exact) mass is 279 g/mol. The Bertz CT molecular complexity index is 414. The largest absolute Gasteiger partial charge is 0.385 e. The summed E-state index contributed by atoms with van der Waals surface area (Å²) in [6, 6.07) is 0. The second kappa shape index (κ2) is 6.27. The van der Waals surface area contributed by atoms with Crippen molar-refractivity contribution in [2.45, 2.75) is 46.1 Å². The van der Waals surface area contributed by atoms with Crippen LogP contribution in [0.3, 0.4) is 0 Å². The van der Waals surface area contributed by atoms with Gasteiger partial charge >= 0.3 is 0 Å². The molecule has 1 fully saturated rings. The molecule has 0 saturated carbocycles. The predicted octanol–water partition coefficient (Wildman–Crippen LogP) is 2.60. The molecule has 2 rings (SSSR count). The molecule has 114 valence electrons. The van der Waals surface area contributed by atoms with Gasteiger partial charge in [0.1, 0.15) is 11.9 Å². The van der Waals surface area contributed by atoms with Gasteiger partial charge in [0.05, 0.1) is 0 Å². The van der Waals surface area contributed by atoms with Gasteiger partial charge in [0.2, 0.25) is 0 Å². The third-order valence-electron chi connectivity index (χ3n) is 4.38. The first-order chi connectivity index (χ1) is 9.37. The van der Waals surface area contributed by atoms with E-state index in [-0.39, 0.29) is 0 Å². The maximum Gasteiger partial charge on any atom is 0.137 e. The van der Waals surface area contributed by atoms with Gasteiger partial charge < -0.3 is 14.6 Å². The zero-order chi connectivity index (χ0) is 14.8. The van der Waals surface area contributed by atoms with Crippen LogP contribution in [0.2, 0.25) is 0 Å². The van der Waals surface area contributed by atoms with Gasteiger partial charge in [0.15, 0.2) is 0 Å². The topological polar surface area (TPSA) is 41.3 Å². The molecule has 1 saturated heterocycles. The summed E-state index contributed by atoms with van der Waals surface area (Å²) in [5, 5.41) is 10.5. The van der Waals surface area contributed by atoms with E-state index in [4.69, 9.17) is 0 Å². The minimum absolute atomic E-state index is 0.349. The van der Waals surface area contributed by atoms with Crippen molar-refractivity contribution in [1.82, 2.24) is 14.5 Å². The Labute approximate surface area is 122 Å². The first-order valence-electron chi connectivity index (χ1n) is 7.74. The Morgan fingerprint density at radius 3 is 2.50 bits per heavy atom. The van der Waals surface area contributed by atoms with E-state index >= 15 is 0 Å². The summed E-state index contributed by atoms with van der Waals surface area (Å²) in [7, 11) is 1.95. The quantitative estimate of drug-likeness (QED) is 0.921. The smallest absolute Gasteiger partial charge is 0.137 e. The summed E-state index contributed by atoms with van der Waals surface area (Å²) >= 11 is 0. The van der Waals surface area contributed by atoms with Crippen molar-refractivity contribution in [2.75, 3.05) is 19.6 Å². The van der Waals surface area contributed by atoms with Gasteiger partial charge in [0.25, 0.3) is 0 Å². The van der Waals surface area contributed by atoms with Crippen LogP contribution in [0.25, 0.3) is 0 Å². The molecule has 0 radical (unpaired) electrons. The standard InChI is InChI=1S/C16H29N3O/c1-16(2,3)7-11-19-9-5-13(6-10-19)14(20)15-17-8-12-18(15)4/h8,12-14,20H,5-7,9-11H2,1-4H3. The van der Waals surface area contributed by atoms with Crippen LogP contribution in [0.4, 0.5) is 0 Å². The molecule has 2 heterocycles. The summed E-state index contributed by atoms with van der Waals surface area (Å²) in [5.74, 6) is 1.15. The van der Waals surface area contributed by atoms with Gasteiger partial charge in [-0.15, -0.1) is 0 Å². The molecular formula is C16H29N3O. The molecule has 1 unspecified atom stereocenters. The third-order valence-corrected chi connectivity index (χ3v) is 4.38. The molecule has 1 aromatic heterocycles. The SMILES string of the molecule is Cn1ccnc1C(O)C1CCN(CCC(C)(C)C)CC1. The molecule has 0 spiro atoms. The fraction of sp³-hybridized carbons (Fsp3) is 0.812. The van der Waals surface area contributed by atoms with E-state index < -0.39 is 6.10 Å². The Hall–Kier alpha value is -0.870. The minimum atomic E-state index is -0.417. The Kier molecular flexibility index (Phi) is 4.86. The fourth-order valence-electron chi connectivity index (χ4n) is 2.86. The second-order valence-electron chi connectivity index (χ2n) is 7.33. The Morgan fingerprint density at radius 2 is 2.00 bits per heavy atom. The number of piperidine rings is 1. The van der Waals surface area contributed by atoms with Gasteiger partial charge in [0, 0.05) is 19.4 Å². The molecule has 1 aliphatic rings. The first-order valence-corrected chi connectivity index (χ1v) is 7.74. The number of hydrogen-bond acceptors (Lipinski definition) is 3. The summed E-state index contributed by atoms with van der Waals surface area (Å²) in [6.07, 6.45) is 6.61. The van der Waals surface area contributed by atoms with Gasteiger partial charge in [-0.1, -0.05) is 20.8 Å². The van der Waals surface area contributed by atoms with Crippen LogP contribution in [0, 0.1) is 11.3 Å². The highest BCUT2D eigenvalue weighted by atomic mass is 16.3. The number of likely N-dealkylation sites (tertiary alicyclic amines) is 1. The summed E-state index contributed by atoms with van der Waals surface area (Å²) in [4.78, 5) is 6.81. The number of aromatic nitrogens is 2. The highest BCUT2D eigenvalue weighted by Crippen LogP contribution is 2.30. The molecule has 4 heteroatoms. The van der Waals surface area contributed by atoms with Crippen molar-refractivity contribution >= 4 is 0 Å². The average molecular weight is 279 g/mol. The van der Waals surface area contributed by atoms with Crippen LogP contribution < -0.4 is 0 Å². The lowest BCUT2D eigenvalue weighted by Gasteiger charge is -2.35. The van der Waals surface area contributed by atoms with E-state index in [0.29, 0.717) is 11.3 Å². The highest BCUT2D eigenvalue weighted by Gasteiger charge is 2.28. The van der Waals surface area contributed by atoms with Gasteiger partial charge in [-0.25, -0.2) is 4.98 Å². The average Bonchev–Trinajstić information content (AvgIpc) is 2.81. The summed E-state index contributed by atoms with van der Waals surface area (Å²) in [5.41, 5.74) is 0.406. The first kappa shape index (κ1) is 15.5. The molecule has 1 aromatic rings. The number of aliphatic hydroxyl groups excluding tert-OH is 1. The van der Waals surface area contributed by atoms with E-state index in [1.807, 2.05) is 17.8 Å². The lowest BCUT2D eigenvalue weighted by atomic mass is 9.89. The number of nitrogens with zero attached hydrogens (tertiary/aromatic N) is 3. The molecule has 4 nitrogen and oxygen atoms in total.